The van der Waals surface area contributed by atoms with Crippen LogP contribution in [0.15, 0.2) is 42.7 Å². The highest BCUT2D eigenvalue weighted by atomic mass is 16.5. The highest BCUT2D eigenvalue weighted by molar-refractivity contribution is 5.47. The highest BCUT2D eigenvalue weighted by Crippen LogP contribution is 2.46. The second kappa shape index (κ2) is 6.82. The van der Waals surface area contributed by atoms with Crippen LogP contribution in [0.5, 0.6) is 11.5 Å². The van der Waals surface area contributed by atoms with Crippen molar-refractivity contribution in [3.05, 3.63) is 53.9 Å². The Kier molecular flexibility index (Phi) is 5.07. The van der Waals surface area contributed by atoms with Crippen molar-refractivity contribution >= 4 is 0 Å². The van der Waals surface area contributed by atoms with Gasteiger partial charge in [0.1, 0.15) is 11.5 Å². The number of hydrogen-bond acceptors (Lipinski definition) is 3. The summed E-state index contributed by atoms with van der Waals surface area (Å²) in [5, 5.41) is 0. The third kappa shape index (κ3) is 2.80. The first-order valence-corrected chi connectivity index (χ1v) is 7.86. The summed E-state index contributed by atoms with van der Waals surface area (Å²) in [5.41, 5.74) is 2.46. The van der Waals surface area contributed by atoms with Gasteiger partial charge in [-0.25, -0.2) is 0 Å². The molecular formula is C19H25NO2. The summed E-state index contributed by atoms with van der Waals surface area (Å²) >= 11 is 0. The Bertz CT molecular complexity index is 612. The molecule has 0 saturated carbocycles. The molecule has 3 heteroatoms. The topological polar surface area (TPSA) is 31.4 Å². The summed E-state index contributed by atoms with van der Waals surface area (Å²) in [5.74, 6) is 2.14. The largest absolute Gasteiger partial charge is 0.497 e. The van der Waals surface area contributed by atoms with E-state index in [4.69, 9.17) is 9.47 Å². The fraction of sp³-hybridized carbons (Fsp3) is 0.421. The summed E-state index contributed by atoms with van der Waals surface area (Å²) in [4.78, 5) is 4.11. The van der Waals surface area contributed by atoms with E-state index in [1.165, 1.54) is 11.1 Å². The van der Waals surface area contributed by atoms with E-state index < -0.39 is 0 Å². The predicted octanol–water partition coefficient (Wildman–Crippen LogP) is 4.57. The number of nitrogens with zero attached hydrogens (tertiary/aromatic N) is 1. The van der Waals surface area contributed by atoms with E-state index in [0.29, 0.717) is 12.5 Å². The second-order valence-electron chi connectivity index (χ2n) is 5.57. The number of methoxy groups -OCH3 is 1. The van der Waals surface area contributed by atoms with Gasteiger partial charge in [-0.2, -0.15) is 0 Å². The quantitative estimate of drug-likeness (QED) is 0.814. The average Bonchev–Trinajstić information content (AvgIpc) is 2.60. The number of hydrogen-bond donors (Lipinski definition) is 0. The van der Waals surface area contributed by atoms with Gasteiger partial charge < -0.3 is 9.47 Å². The van der Waals surface area contributed by atoms with Crippen molar-refractivity contribution in [3.8, 4) is 11.5 Å². The van der Waals surface area contributed by atoms with E-state index in [1.807, 2.05) is 38.4 Å². The van der Waals surface area contributed by atoms with E-state index in [-0.39, 0.29) is 5.41 Å². The zero-order valence-corrected chi connectivity index (χ0v) is 14.1. The molecule has 3 nitrogen and oxygen atoms in total. The fourth-order valence-electron chi connectivity index (χ4n) is 2.89. The van der Waals surface area contributed by atoms with Gasteiger partial charge >= 0.3 is 0 Å². The first kappa shape index (κ1) is 16.3. The Morgan fingerprint density at radius 1 is 1.18 bits per heavy atom. The van der Waals surface area contributed by atoms with Crippen molar-refractivity contribution in [1.82, 2.24) is 4.98 Å². The number of fused-ring (bicyclic) bond motifs is 1. The van der Waals surface area contributed by atoms with E-state index in [2.05, 4.69) is 37.0 Å². The van der Waals surface area contributed by atoms with Crippen LogP contribution >= 0.6 is 0 Å². The predicted molar refractivity (Wildman–Crippen MR) is 89.8 cm³/mol. The van der Waals surface area contributed by atoms with E-state index >= 15 is 0 Å². The number of rotatable bonds is 2. The minimum absolute atomic E-state index is 0.0372. The third-order valence-corrected chi connectivity index (χ3v) is 4.51. The van der Waals surface area contributed by atoms with Crippen LogP contribution < -0.4 is 9.47 Å². The van der Waals surface area contributed by atoms with Crippen molar-refractivity contribution in [2.75, 3.05) is 13.7 Å². The van der Waals surface area contributed by atoms with Crippen LogP contribution in [0, 0.1) is 0 Å². The van der Waals surface area contributed by atoms with Crippen LogP contribution in [0.2, 0.25) is 0 Å². The molecule has 0 aliphatic carbocycles. The SMILES string of the molecule is CC.COc1ccc2c(c1)OCC(C)(c1ccncc1)C2C. The molecule has 2 aromatic rings. The van der Waals surface area contributed by atoms with Crippen LogP contribution in [-0.4, -0.2) is 18.7 Å². The second-order valence-corrected chi connectivity index (χ2v) is 5.57. The van der Waals surface area contributed by atoms with Gasteiger partial charge in [0.25, 0.3) is 0 Å². The molecule has 22 heavy (non-hydrogen) atoms. The molecular weight excluding hydrogens is 274 g/mol. The van der Waals surface area contributed by atoms with Crippen LogP contribution in [0.25, 0.3) is 0 Å². The summed E-state index contributed by atoms with van der Waals surface area (Å²) in [6.07, 6.45) is 3.69. The molecule has 0 spiro atoms. The first-order valence-electron chi connectivity index (χ1n) is 7.86. The number of aromatic nitrogens is 1. The van der Waals surface area contributed by atoms with Gasteiger partial charge in [0.2, 0.25) is 0 Å². The number of ether oxygens (including phenoxy) is 2. The number of benzene rings is 1. The lowest BCUT2D eigenvalue weighted by Crippen LogP contribution is -2.39. The summed E-state index contributed by atoms with van der Waals surface area (Å²) < 4.78 is 11.3. The van der Waals surface area contributed by atoms with Gasteiger partial charge in [0.15, 0.2) is 0 Å². The molecule has 0 N–H and O–H groups in total. The van der Waals surface area contributed by atoms with Crippen molar-refractivity contribution < 1.29 is 9.47 Å². The van der Waals surface area contributed by atoms with Crippen LogP contribution in [0.3, 0.4) is 0 Å². The molecule has 2 unspecified atom stereocenters. The monoisotopic (exact) mass is 299 g/mol. The Morgan fingerprint density at radius 2 is 1.86 bits per heavy atom. The van der Waals surface area contributed by atoms with E-state index in [9.17, 15) is 0 Å². The lowest BCUT2D eigenvalue weighted by molar-refractivity contribution is 0.175. The molecule has 0 saturated heterocycles. The third-order valence-electron chi connectivity index (χ3n) is 4.51. The van der Waals surface area contributed by atoms with Crippen molar-refractivity contribution in [1.29, 1.82) is 0 Å². The fourth-order valence-corrected chi connectivity index (χ4v) is 2.89. The molecule has 1 aliphatic rings. The van der Waals surface area contributed by atoms with Gasteiger partial charge in [-0.15, -0.1) is 0 Å². The molecule has 1 aromatic carbocycles. The van der Waals surface area contributed by atoms with E-state index in [0.717, 1.165) is 11.5 Å². The Morgan fingerprint density at radius 3 is 2.50 bits per heavy atom. The molecule has 0 fully saturated rings. The van der Waals surface area contributed by atoms with Crippen molar-refractivity contribution in [3.63, 3.8) is 0 Å². The highest BCUT2D eigenvalue weighted by Gasteiger charge is 2.39. The summed E-state index contributed by atoms with van der Waals surface area (Å²) in [7, 11) is 1.68. The van der Waals surface area contributed by atoms with E-state index in [1.54, 1.807) is 7.11 Å². The molecule has 1 aromatic heterocycles. The Balaban J connectivity index is 0.000000847. The van der Waals surface area contributed by atoms with Gasteiger partial charge in [-0.05, 0) is 35.2 Å². The standard InChI is InChI=1S/C17H19NO2.C2H6/c1-12-15-5-4-14(19-3)10-16(15)20-11-17(12,2)13-6-8-18-9-7-13;1-2/h4-10,12H,11H2,1-3H3;1-2H3. The maximum atomic E-state index is 6.01. The molecule has 0 amide bonds. The zero-order chi connectivity index (χ0) is 16.2. The van der Waals surface area contributed by atoms with Crippen LogP contribution in [-0.2, 0) is 5.41 Å². The first-order chi connectivity index (χ1) is 10.6. The molecule has 2 atom stereocenters. The smallest absolute Gasteiger partial charge is 0.126 e. The lowest BCUT2D eigenvalue weighted by Gasteiger charge is -2.41. The normalized spacial score (nSPS) is 22.7. The molecule has 2 heterocycles. The summed E-state index contributed by atoms with van der Waals surface area (Å²) in [6, 6.07) is 10.2. The van der Waals surface area contributed by atoms with Crippen molar-refractivity contribution in [2.45, 2.75) is 39.0 Å². The molecule has 3 rings (SSSR count). The van der Waals surface area contributed by atoms with Gasteiger partial charge in [0, 0.05) is 23.9 Å². The average molecular weight is 299 g/mol. The van der Waals surface area contributed by atoms with Gasteiger partial charge in [-0.1, -0.05) is 33.8 Å². The van der Waals surface area contributed by atoms with Crippen molar-refractivity contribution in [2.24, 2.45) is 0 Å². The minimum Gasteiger partial charge on any atom is -0.497 e. The summed E-state index contributed by atoms with van der Waals surface area (Å²) in [6.45, 7) is 9.17. The molecule has 1 aliphatic heterocycles. The molecule has 118 valence electrons. The Hall–Kier alpha value is -2.03. The zero-order valence-electron chi connectivity index (χ0n) is 14.1. The maximum Gasteiger partial charge on any atom is 0.126 e. The van der Waals surface area contributed by atoms with Gasteiger partial charge in [-0.3, -0.25) is 4.98 Å². The van der Waals surface area contributed by atoms with Crippen LogP contribution in [0.4, 0.5) is 0 Å². The minimum atomic E-state index is -0.0372. The molecule has 0 radical (unpaired) electrons. The molecule has 0 bridgehead atoms. The number of pyridine rings is 1. The lowest BCUT2D eigenvalue weighted by atomic mass is 9.69. The maximum absolute atomic E-state index is 6.01. The van der Waals surface area contributed by atoms with Crippen LogP contribution in [0.1, 0.15) is 44.7 Å². The van der Waals surface area contributed by atoms with Gasteiger partial charge in [0.05, 0.1) is 13.7 Å². The Labute approximate surface area is 133 Å².